The van der Waals surface area contributed by atoms with Crippen molar-refractivity contribution in [1.82, 2.24) is 10.3 Å². The van der Waals surface area contributed by atoms with Gasteiger partial charge in [-0.1, -0.05) is 36.0 Å². The average Bonchev–Trinajstić information content (AvgIpc) is 3.44. The quantitative estimate of drug-likeness (QED) is 0.227. The Morgan fingerprint density at radius 2 is 1.71 bits per heavy atom. The Balaban J connectivity index is 1.66. The highest BCUT2D eigenvalue weighted by molar-refractivity contribution is 8.14. The van der Waals surface area contributed by atoms with E-state index in [0.29, 0.717) is 16.2 Å². The minimum absolute atomic E-state index is 0.0189. The monoisotopic (exact) mass is 585 g/mol. The summed E-state index contributed by atoms with van der Waals surface area (Å²) in [7, 11) is 1.39. The molecule has 1 unspecified atom stereocenters. The lowest BCUT2D eigenvalue weighted by Crippen LogP contribution is -2.58. The molecule has 1 heterocycles. The summed E-state index contributed by atoms with van der Waals surface area (Å²) in [5.74, 6) is -1.64. The van der Waals surface area contributed by atoms with E-state index in [4.69, 9.17) is 9.47 Å². The molecule has 3 aromatic carbocycles. The Morgan fingerprint density at radius 1 is 1.02 bits per heavy atom. The smallest absolute Gasteiger partial charge is 0.279 e. The van der Waals surface area contributed by atoms with Gasteiger partial charge in [0.2, 0.25) is 0 Å². The number of aliphatic hydroxyl groups is 3. The number of methoxy groups -OCH3 is 1. The fourth-order valence-corrected chi connectivity index (χ4v) is 5.15. The minimum Gasteiger partial charge on any atom is -0.507 e. The van der Waals surface area contributed by atoms with Crippen molar-refractivity contribution in [2.45, 2.75) is 10.9 Å². The molecule has 4 rings (SSSR count). The summed E-state index contributed by atoms with van der Waals surface area (Å²) in [6, 6.07) is 16.5. The lowest BCUT2D eigenvalue weighted by Gasteiger charge is -2.28. The predicted molar refractivity (Wildman–Crippen MR) is 148 cm³/mol. The molecule has 0 fully saturated rings. The summed E-state index contributed by atoms with van der Waals surface area (Å²) in [6.07, 6.45) is 0. The van der Waals surface area contributed by atoms with Crippen LogP contribution in [0.25, 0.3) is 0 Å². The highest BCUT2D eigenvalue weighted by atomic mass is 32.2. The Morgan fingerprint density at radius 3 is 2.34 bits per heavy atom. The summed E-state index contributed by atoms with van der Waals surface area (Å²) < 4.78 is 24.9. The molecule has 0 aliphatic carbocycles. The van der Waals surface area contributed by atoms with Crippen LogP contribution in [0.4, 0.5) is 4.39 Å². The van der Waals surface area contributed by atoms with Crippen molar-refractivity contribution in [3.63, 3.8) is 0 Å². The van der Waals surface area contributed by atoms with E-state index in [1.807, 2.05) is 0 Å². The van der Waals surface area contributed by atoms with Gasteiger partial charge in [-0.3, -0.25) is 9.59 Å². The number of nitrogens with one attached hydrogen (secondary N) is 1. The van der Waals surface area contributed by atoms with Gasteiger partial charge >= 0.3 is 0 Å². The second-order valence-electron chi connectivity index (χ2n) is 9.02. The lowest BCUT2D eigenvalue weighted by atomic mass is 10.0. The van der Waals surface area contributed by atoms with Gasteiger partial charge in [0.1, 0.15) is 27.5 Å². The van der Waals surface area contributed by atoms with Gasteiger partial charge < -0.3 is 35.2 Å². The van der Waals surface area contributed by atoms with Crippen molar-refractivity contribution in [2.24, 2.45) is 5.10 Å². The van der Waals surface area contributed by atoms with E-state index in [1.165, 1.54) is 60.3 Å². The molecule has 0 aromatic heterocycles. The largest absolute Gasteiger partial charge is 0.507 e. The molecule has 5 N–H and O–H groups in total. The van der Waals surface area contributed by atoms with Crippen LogP contribution in [0.5, 0.6) is 17.2 Å². The third-order valence-electron chi connectivity index (χ3n) is 6.23. The van der Waals surface area contributed by atoms with Crippen LogP contribution in [0.1, 0.15) is 26.9 Å². The first-order chi connectivity index (χ1) is 19.8. The standard InChI is InChI=1S/C28H28FN3O8S/c1-39-24-20(6-4-8-22(24)40-13-23(37)30-28(14-33,15-34)16-35)27-32(26(38)19-5-2-3-7-21(19)36)31-25(41-27)17-9-11-18(29)12-10-17/h2-12,27,33-36H,13-16H2,1H3,(H,30,37). The molecule has 41 heavy (non-hydrogen) atoms. The molecule has 2 amide bonds. The molecule has 11 nitrogen and oxygen atoms in total. The molecule has 1 aliphatic heterocycles. The molecule has 0 saturated carbocycles. The molecule has 3 aromatic rings. The van der Waals surface area contributed by atoms with Crippen molar-refractivity contribution in [3.8, 4) is 17.2 Å². The Bertz CT molecular complexity index is 1420. The Labute approximate surface area is 238 Å². The fraction of sp³-hybridized carbons (Fsp3) is 0.250. The Hall–Kier alpha value is -4.17. The van der Waals surface area contributed by atoms with Gasteiger partial charge in [0.25, 0.3) is 11.8 Å². The second kappa shape index (κ2) is 13.0. The predicted octanol–water partition coefficient (Wildman–Crippen LogP) is 2.00. The SMILES string of the molecule is COc1c(OCC(=O)NC(CO)(CO)CO)cccc1C1SC(c2ccc(F)cc2)=NN1C(=O)c1ccccc1O. The molecular formula is C28H28FN3O8S. The van der Waals surface area contributed by atoms with Crippen LogP contribution in [-0.2, 0) is 4.79 Å². The number of hydrazone groups is 1. The zero-order valence-electron chi connectivity index (χ0n) is 21.9. The number of amides is 2. The van der Waals surface area contributed by atoms with Crippen molar-refractivity contribution < 1.29 is 43.9 Å². The molecule has 0 spiro atoms. The van der Waals surface area contributed by atoms with E-state index in [-0.39, 0.29) is 22.8 Å². The number of aromatic hydroxyl groups is 1. The molecule has 1 aliphatic rings. The van der Waals surface area contributed by atoms with Crippen LogP contribution in [0.2, 0.25) is 0 Å². The van der Waals surface area contributed by atoms with Gasteiger partial charge in [-0.2, -0.15) is 5.10 Å². The van der Waals surface area contributed by atoms with Gasteiger partial charge in [-0.15, -0.1) is 0 Å². The van der Waals surface area contributed by atoms with E-state index in [9.17, 15) is 34.4 Å². The summed E-state index contributed by atoms with van der Waals surface area (Å²) >= 11 is 1.19. The number of aliphatic hydroxyl groups excluding tert-OH is 3. The van der Waals surface area contributed by atoms with Gasteiger partial charge in [0.05, 0.1) is 32.5 Å². The Kier molecular flexibility index (Phi) is 9.45. The van der Waals surface area contributed by atoms with E-state index in [2.05, 4.69) is 10.4 Å². The van der Waals surface area contributed by atoms with E-state index < -0.39 is 55.0 Å². The molecule has 216 valence electrons. The maximum absolute atomic E-state index is 13.6. The van der Waals surface area contributed by atoms with Gasteiger partial charge in [0, 0.05) is 11.1 Å². The first-order valence-electron chi connectivity index (χ1n) is 12.3. The van der Waals surface area contributed by atoms with Crippen LogP contribution in [-0.4, -0.2) is 81.4 Å². The molecule has 0 bridgehead atoms. The molecule has 1 atom stereocenters. The zero-order chi connectivity index (χ0) is 29.6. The summed E-state index contributed by atoms with van der Waals surface area (Å²) in [5.41, 5.74) is -0.580. The van der Waals surface area contributed by atoms with Crippen LogP contribution >= 0.6 is 11.8 Å². The van der Waals surface area contributed by atoms with E-state index >= 15 is 0 Å². The molecular weight excluding hydrogens is 557 g/mol. The number of hydrogen-bond donors (Lipinski definition) is 5. The number of ether oxygens (including phenoxy) is 2. The number of phenols is 1. The first kappa shape index (κ1) is 29.8. The molecule has 13 heteroatoms. The normalized spacial score (nSPS) is 14.9. The third-order valence-corrected chi connectivity index (χ3v) is 7.45. The topological polar surface area (TPSA) is 161 Å². The second-order valence-corrected chi connectivity index (χ2v) is 10.1. The number of thioether (sulfide) groups is 1. The number of nitrogens with zero attached hydrogens (tertiary/aromatic N) is 2. The van der Waals surface area contributed by atoms with Crippen molar-refractivity contribution in [1.29, 1.82) is 0 Å². The number of phenolic OH excluding ortho intramolecular Hbond substituents is 1. The van der Waals surface area contributed by atoms with Crippen molar-refractivity contribution in [2.75, 3.05) is 33.5 Å². The number of carbonyl (C=O) groups excluding carboxylic acids is 2. The lowest BCUT2D eigenvalue weighted by molar-refractivity contribution is -0.127. The maximum atomic E-state index is 13.6. The third kappa shape index (κ3) is 6.43. The van der Waals surface area contributed by atoms with Crippen LogP contribution in [0.3, 0.4) is 0 Å². The maximum Gasteiger partial charge on any atom is 0.279 e. The van der Waals surface area contributed by atoms with Crippen LogP contribution in [0.15, 0.2) is 71.8 Å². The van der Waals surface area contributed by atoms with Crippen molar-refractivity contribution >= 4 is 28.6 Å². The number of rotatable bonds is 11. The van der Waals surface area contributed by atoms with Crippen molar-refractivity contribution in [3.05, 3.63) is 89.2 Å². The van der Waals surface area contributed by atoms with Crippen LogP contribution in [0, 0.1) is 5.82 Å². The van der Waals surface area contributed by atoms with E-state index in [1.54, 1.807) is 30.3 Å². The highest BCUT2D eigenvalue weighted by Crippen LogP contribution is 2.47. The fourth-order valence-electron chi connectivity index (χ4n) is 3.98. The number of halogens is 1. The van der Waals surface area contributed by atoms with Gasteiger partial charge in [0.15, 0.2) is 18.1 Å². The van der Waals surface area contributed by atoms with E-state index in [0.717, 1.165) is 0 Å². The summed E-state index contributed by atoms with van der Waals surface area (Å²) in [4.78, 5) is 26.1. The average molecular weight is 586 g/mol. The van der Waals surface area contributed by atoms with Gasteiger partial charge in [-0.05, 0) is 42.5 Å². The minimum atomic E-state index is -1.62. The summed E-state index contributed by atoms with van der Waals surface area (Å²) in [6.45, 7) is -2.63. The van der Waals surface area contributed by atoms with Gasteiger partial charge in [-0.25, -0.2) is 9.40 Å². The number of hydrogen-bond acceptors (Lipinski definition) is 10. The molecule has 0 radical (unpaired) electrons. The van der Waals surface area contributed by atoms with Crippen LogP contribution < -0.4 is 14.8 Å². The number of benzene rings is 3. The zero-order valence-corrected chi connectivity index (χ0v) is 22.7. The highest BCUT2D eigenvalue weighted by Gasteiger charge is 2.38. The number of carbonyl (C=O) groups is 2. The molecule has 0 saturated heterocycles. The summed E-state index contributed by atoms with van der Waals surface area (Å²) in [5, 5.41) is 46.4. The number of para-hydroxylation sites is 2. The first-order valence-corrected chi connectivity index (χ1v) is 13.2.